The average molecular weight is 477 g/mol. The van der Waals surface area contributed by atoms with Crippen LogP contribution in [-0.2, 0) is 16.1 Å². The lowest BCUT2D eigenvalue weighted by Gasteiger charge is -2.26. The number of aliphatic hydroxyl groups is 1. The fourth-order valence-corrected chi connectivity index (χ4v) is 4.14. The zero-order valence-electron chi connectivity index (χ0n) is 19.4. The number of Topliss-reactive ketones (excluding diaryl/α,β-unsaturated/α-hetero) is 1. The number of methoxy groups -OCH3 is 3. The quantitative estimate of drug-likeness (QED) is 0.307. The van der Waals surface area contributed by atoms with Crippen LogP contribution in [0.5, 0.6) is 17.2 Å². The smallest absolute Gasteiger partial charge is 0.295 e. The number of hydrogen-bond donors (Lipinski definition) is 1. The molecule has 1 unspecified atom stereocenters. The topological polar surface area (TPSA) is 85.3 Å². The van der Waals surface area contributed by atoms with Gasteiger partial charge in [-0.15, -0.1) is 0 Å². The molecule has 1 atom stereocenters. The molecule has 0 aromatic heterocycles. The first-order chi connectivity index (χ1) is 16.9. The number of likely N-dealkylation sites (tertiary alicyclic amines) is 1. The first-order valence-electron chi connectivity index (χ1n) is 10.8. The van der Waals surface area contributed by atoms with E-state index in [9.17, 15) is 19.1 Å². The number of carbonyl (C=O) groups is 2. The van der Waals surface area contributed by atoms with Crippen LogP contribution in [0.15, 0.2) is 72.3 Å². The molecule has 3 aromatic rings. The Balaban J connectivity index is 1.85. The number of benzene rings is 3. The van der Waals surface area contributed by atoms with Crippen LogP contribution in [0.25, 0.3) is 5.76 Å². The van der Waals surface area contributed by atoms with Crippen LogP contribution in [-0.4, -0.2) is 43.0 Å². The van der Waals surface area contributed by atoms with Crippen molar-refractivity contribution in [1.82, 2.24) is 4.90 Å². The molecule has 180 valence electrons. The number of amides is 1. The molecule has 1 heterocycles. The number of hydrogen-bond acceptors (Lipinski definition) is 6. The Morgan fingerprint density at radius 2 is 1.63 bits per heavy atom. The maximum atomic E-state index is 13.5. The van der Waals surface area contributed by atoms with Gasteiger partial charge in [0.25, 0.3) is 11.7 Å². The summed E-state index contributed by atoms with van der Waals surface area (Å²) in [6.07, 6.45) is 0. The second kappa shape index (κ2) is 9.89. The Bertz CT molecular complexity index is 1300. The molecule has 0 spiro atoms. The summed E-state index contributed by atoms with van der Waals surface area (Å²) in [5.41, 5.74) is 1.41. The molecule has 0 aliphatic carbocycles. The van der Waals surface area contributed by atoms with Gasteiger partial charge < -0.3 is 24.2 Å². The number of carbonyl (C=O) groups excluding carboxylic acids is 2. The Kier molecular flexibility index (Phi) is 6.73. The van der Waals surface area contributed by atoms with Crippen molar-refractivity contribution in [3.05, 3.63) is 94.8 Å². The number of ketones is 1. The highest BCUT2D eigenvalue weighted by Crippen LogP contribution is 2.41. The van der Waals surface area contributed by atoms with Crippen LogP contribution in [0.1, 0.15) is 22.7 Å². The van der Waals surface area contributed by atoms with Crippen molar-refractivity contribution in [2.75, 3.05) is 21.3 Å². The number of aliphatic hydroxyl groups excluding tert-OH is 1. The number of nitrogens with zero attached hydrogens (tertiary/aromatic N) is 1. The van der Waals surface area contributed by atoms with Gasteiger partial charge in [-0.2, -0.15) is 0 Å². The lowest BCUT2D eigenvalue weighted by Crippen LogP contribution is -2.29. The van der Waals surface area contributed by atoms with Crippen LogP contribution in [0, 0.1) is 5.82 Å². The summed E-state index contributed by atoms with van der Waals surface area (Å²) < 4.78 is 29.4. The van der Waals surface area contributed by atoms with Gasteiger partial charge in [-0.1, -0.05) is 18.2 Å². The van der Waals surface area contributed by atoms with Crippen LogP contribution < -0.4 is 14.2 Å². The second-order valence-electron chi connectivity index (χ2n) is 7.90. The van der Waals surface area contributed by atoms with E-state index in [1.54, 1.807) is 42.5 Å². The van der Waals surface area contributed by atoms with E-state index in [4.69, 9.17) is 14.2 Å². The molecule has 0 radical (unpaired) electrons. The Morgan fingerprint density at radius 1 is 0.914 bits per heavy atom. The minimum absolute atomic E-state index is 0.0625. The van der Waals surface area contributed by atoms with E-state index in [0.717, 1.165) is 0 Å². The highest BCUT2D eigenvalue weighted by atomic mass is 19.1. The van der Waals surface area contributed by atoms with E-state index < -0.39 is 23.5 Å². The van der Waals surface area contributed by atoms with E-state index in [1.807, 2.05) is 0 Å². The van der Waals surface area contributed by atoms with E-state index in [-0.39, 0.29) is 23.4 Å². The average Bonchev–Trinajstić information content (AvgIpc) is 3.13. The zero-order chi connectivity index (χ0) is 25.1. The van der Waals surface area contributed by atoms with Gasteiger partial charge in [0.15, 0.2) is 11.5 Å². The van der Waals surface area contributed by atoms with Crippen LogP contribution >= 0.6 is 0 Å². The summed E-state index contributed by atoms with van der Waals surface area (Å²) >= 11 is 0. The van der Waals surface area contributed by atoms with Gasteiger partial charge in [0, 0.05) is 12.1 Å². The first-order valence-corrected chi connectivity index (χ1v) is 10.8. The molecule has 8 heteroatoms. The molecule has 3 aromatic carbocycles. The van der Waals surface area contributed by atoms with Gasteiger partial charge in [-0.05, 0) is 59.7 Å². The van der Waals surface area contributed by atoms with Crippen molar-refractivity contribution in [2.24, 2.45) is 0 Å². The highest BCUT2D eigenvalue weighted by Gasteiger charge is 2.46. The predicted molar refractivity (Wildman–Crippen MR) is 127 cm³/mol. The fraction of sp³-hybridized carbons (Fsp3) is 0.185. The molecule has 7 nitrogen and oxygen atoms in total. The standard InChI is InChI=1S/C27H24FNO6/c1-33-20-6-4-5-18(14-20)24-23(25(30)17-8-10-19(28)11-9-17)26(31)27(32)29(24)15-16-7-12-21(34-2)22(13-16)35-3/h4-14,24,30H,15H2,1-3H3/b25-23+. The van der Waals surface area contributed by atoms with Crippen LogP contribution in [0.3, 0.4) is 0 Å². The largest absolute Gasteiger partial charge is 0.507 e. The second-order valence-corrected chi connectivity index (χ2v) is 7.90. The highest BCUT2D eigenvalue weighted by molar-refractivity contribution is 6.46. The summed E-state index contributed by atoms with van der Waals surface area (Å²) in [4.78, 5) is 27.8. The Labute approximate surface area is 202 Å². The van der Waals surface area contributed by atoms with E-state index >= 15 is 0 Å². The van der Waals surface area contributed by atoms with Crippen molar-refractivity contribution in [3.8, 4) is 17.2 Å². The zero-order valence-corrected chi connectivity index (χ0v) is 19.4. The van der Waals surface area contributed by atoms with Gasteiger partial charge in [-0.3, -0.25) is 9.59 Å². The predicted octanol–water partition coefficient (Wildman–Crippen LogP) is 4.47. The molecule has 0 saturated carbocycles. The van der Waals surface area contributed by atoms with E-state index in [1.165, 1.54) is 50.5 Å². The molecule has 4 rings (SSSR count). The summed E-state index contributed by atoms with van der Waals surface area (Å²) in [5, 5.41) is 11.1. The monoisotopic (exact) mass is 477 g/mol. The third-order valence-corrected chi connectivity index (χ3v) is 5.87. The van der Waals surface area contributed by atoms with Crippen molar-refractivity contribution in [2.45, 2.75) is 12.6 Å². The molecule has 1 aliphatic rings. The molecular formula is C27H24FNO6. The maximum absolute atomic E-state index is 13.5. The molecule has 1 amide bonds. The molecule has 1 N–H and O–H groups in total. The normalized spacial score (nSPS) is 16.9. The molecule has 1 fully saturated rings. The first kappa shape index (κ1) is 23.8. The van der Waals surface area contributed by atoms with E-state index in [0.29, 0.717) is 28.4 Å². The Morgan fingerprint density at radius 3 is 2.29 bits per heavy atom. The number of halogens is 1. The molecule has 1 aliphatic heterocycles. The van der Waals surface area contributed by atoms with Gasteiger partial charge in [0.1, 0.15) is 17.3 Å². The fourth-order valence-electron chi connectivity index (χ4n) is 4.14. The third-order valence-electron chi connectivity index (χ3n) is 5.87. The van der Waals surface area contributed by atoms with E-state index in [2.05, 4.69) is 0 Å². The van der Waals surface area contributed by atoms with Crippen molar-refractivity contribution in [3.63, 3.8) is 0 Å². The summed E-state index contributed by atoms with van der Waals surface area (Å²) in [5.74, 6) is -0.937. The van der Waals surface area contributed by atoms with Gasteiger partial charge >= 0.3 is 0 Å². The molecule has 35 heavy (non-hydrogen) atoms. The third kappa shape index (κ3) is 4.55. The maximum Gasteiger partial charge on any atom is 0.295 e. The van der Waals surface area contributed by atoms with Crippen molar-refractivity contribution < 1.29 is 33.3 Å². The summed E-state index contributed by atoms with van der Waals surface area (Å²) in [6, 6.07) is 16.3. The van der Waals surface area contributed by atoms with Crippen LogP contribution in [0.4, 0.5) is 4.39 Å². The minimum atomic E-state index is -0.900. The SMILES string of the molecule is COc1cccc(C2/C(=C(\O)c3ccc(F)cc3)C(=O)C(=O)N2Cc2ccc(OC)c(OC)c2)c1. The molecule has 0 bridgehead atoms. The minimum Gasteiger partial charge on any atom is -0.507 e. The Hall–Kier alpha value is -4.33. The summed E-state index contributed by atoms with van der Waals surface area (Å²) in [7, 11) is 4.54. The van der Waals surface area contributed by atoms with Crippen LogP contribution in [0.2, 0.25) is 0 Å². The molecular weight excluding hydrogens is 453 g/mol. The van der Waals surface area contributed by atoms with Gasteiger partial charge in [0.2, 0.25) is 0 Å². The number of ether oxygens (including phenoxy) is 3. The van der Waals surface area contributed by atoms with Gasteiger partial charge in [0.05, 0.1) is 32.9 Å². The van der Waals surface area contributed by atoms with Crippen molar-refractivity contribution >= 4 is 17.4 Å². The summed E-state index contributed by atoms with van der Waals surface area (Å²) in [6.45, 7) is 0.0625. The lowest BCUT2D eigenvalue weighted by atomic mass is 9.95. The van der Waals surface area contributed by atoms with Gasteiger partial charge in [-0.25, -0.2) is 4.39 Å². The molecule has 1 saturated heterocycles. The van der Waals surface area contributed by atoms with Crippen molar-refractivity contribution in [1.29, 1.82) is 0 Å². The lowest BCUT2D eigenvalue weighted by molar-refractivity contribution is -0.140. The number of rotatable bonds is 7.